The van der Waals surface area contributed by atoms with Gasteiger partial charge in [0, 0.05) is 36.3 Å². The molecule has 3 aromatic rings. The third-order valence-electron chi connectivity index (χ3n) is 7.51. The minimum atomic E-state index is 0.0746. The van der Waals surface area contributed by atoms with E-state index >= 15 is 0 Å². The molecule has 0 unspecified atom stereocenters. The molecule has 2 saturated heterocycles. The summed E-state index contributed by atoms with van der Waals surface area (Å²) < 4.78 is 0. The van der Waals surface area contributed by atoms with E-state index in [0.717, 1.165) is 73.9 Å². The van der Waals surface area contributed by atoms with Crippen LogP contribution in [0.3, 0.4) is 0 Å². The number of benzene rings is 3. The van der Waals surface area contributed by atoms with Gasteiger partial charge in [0.1, 0.15) is 0 Å². The Morgan fingerprint density at radius 1 is 0.794 bits per heavy atom. The summed E-state index contributed by atoms with van der Waals surface area (Å²) in [5.74, 6) is 0.353. The first-order valence-corrected chi connectivity index (χ1v) is 12.5. The average molecular weight is 456 g/mol. The van der Waals surface area contributed by atoms with Gasteiger partial charge >= 0.3 is 0 Å². The average Bonchev–Trinajstić information content (AvgIpc) is 2.89. The van der Waals surface area contributed by atoms with Crippen LogP contribution in [0.1, 0.15) is 41.6 Å². The van der Waals surface area contributed by atoms with E-state index in [9.17, 15) is 9.59 Å². The van der Waals surface area contributed by atoms with E-state index in [1.54, 1.807) is 0 Å². The van der Waals surface area contributed by atoms with E-state index in [2.05, 4.69) is 22.3 Å². The second kappa shape index (κ2) is 9.98. The minimum Gasteiger partial charge on any atom is -0.339 e. The molecule has 176 valence electrons. The smallest absolute Gasteiger partial charge is 0.254 e. The zero-order chi connectivity index (χ0) is 23.5. The van der Waals surface area contributed by atoms with Gasteiger partial charge in [0.2, 0.25) is 5.91 Å². The lowest BCUT2D eigenvalue weighted by Gasteiger charge is -2.41. The second-order valence-corrected chi connectivity index (χ2v) is 9.72. The van der Waals surface area contributed by atoms with Crippen molar-refractivity contribution in [1.82, 2.24) is 9.80 Å². The summed E-state index contributed by atoms with van der Waals surface area (Å²) in [6.07, 6.45) is 3.78. The predicted octanol–water partition coefficient (Wildman–Crippen LogP) is 5.10. The van der Waals surface area contributed by atoms with Crippen molar-refractivity contribution in [3.63, 3.8) is 0 Å². The molecule has 0 atom stereocenters. The molecule has 5 heteroatoms. The van der Waals surface area contributed by atoms with E-state index in [1.165, 1.54) is 5.56 Å². The Kier molecular flexibility index (Phi) is 6.63. The van der Waals surface area contributed by atoms with Gasteiger partial charge in [-0.1, -0.05) is 54.1 Å². The first kappa shape index (κ1) is 22.6. The fraction of sp³-hybridized carbons (Fsp3) is 0.379. The summed E-state index contributed by atoms with van der Waals surface area (Å²) in [4.78, 5) is 30.5. The zero-order valence-electron chi connectivity index (χ0n) is 19.9. The number of hydrogen-bond donors (Lipinski definition) is 1. The Balaban J connectivity index is 1.12. The van der Waals surface area contributed by atoms with Crippen LogP contribution in [-0.2, 0) is 4.79 Å². The third kappa shape index (κ3) is 4.85. The fourth-order valence-electron chi connectivity index (χ4n) is 5.42. The number of carbonyl (C=O) groups is 2. The number of anilines is 1. The van der Waals surface area contributed by atoms with Gasteiger partial charge < -0.3 is 15.1 Å². The van der Waals surface area contributed by atoms with Crippen molar-refractivity contribution in [2.45, 2.75) is 38.6 Å². The second-order valence-electron chi connectivity index (χ2n) is 9.72. The van der Waals surface area contributed by atoms with Crippen LogP contribution in [-0.4, -0.2) is 53.8 Å². The largest absolute Gasteiger partial charge is 0.339 e. The van der Waals surface area contributed by atoms with Crippen LogP contribution in [0.4, 0.5) is 5.69 Å². The Labute approximate surface area is 201 Å². The third-order valence-corrected chi connectivity index (χ3v) is 7.51. The van der Waals surface area contributed by atoms with E-state index in [0.29, 0.717) is 6.04 Å². The molecule has 2 heterocycles. The van der Waals surface area contributed by atoms with Crippen molar-refractivity contribution in [2.24, 2.45) is 5.92 Å². The van der Waals surface area contributed by atoms with Crippen LogP contribution < -0.4 is 5.32 Å². The van der Waals surface area contributed by atoms with Crippen LogP contribution in [0.5, 0.6) is 0 Å². The van der Waals surface area contributed by atoms with Crippen molar-refractivity contribution >= 4 is 28.3 Å². The first-order valence-electron chi connectivity index (χ1n) is 12.5. The minimum absolute atomic E-state index is 0.0746. The Bertz CT molecular complexity index is 1150. The number of nitrogens with one attached hydrogen (secondary N) is 1. The number of likely N-dealkylation sites (tertiary alicyclic amines) is 2. The molecule has 2 fully saturated rings. The van der Waals surface area contributed by atoms with Gasteiger partial charge in [-0.25, -0.2) is 0 Å². The van der Waals surface area contributed by atoms with E-state index in [1.807, 2.05) is 66.4 Å². The lowest BCUT2D eigenvalue weighted by Crippen LogP contribution is -2.49. The highest BCUT2D eigenvalue weighted by Crippen LogP contribution is 2.27. The molecule has 5 rings (SSSR count). The Morgan fingerprint density at radius 3 is 2.21 bits per heavy atom. The number of amides is 2. The molecule has 2 aliphatic rings. The highest BCUT2D eigenvalue weighted by atomic mass is 16.2. The van der Waals surface area contributed by atoms with Crippen molar-refractivity contribution in [2.75, 3.05) is 31.5 Å². The summed E-state index contributed by atoms with van der Waals surface area (Å²) in [7, 11) is 0. The molecule has 5 nitrogen and oxygen atoms in total. The highest BCUT2D eigenvalue weighted by molar-refractivity contribution is 6.07. The van der Waals surface area contributed by atoms with Gasteiger partial charge in [-0.15, -0.1) is 0 Å². The summed E-state index contributed by atoms with van der Waals surface area (Å²) in [5, 5.41) is 5.22. The number of aryl methyl sites for hydroxylation is 1. The van der Waals surface area contributed by atoms with Crippen LogP contribution in [0.15, 0.2) is 66.7 Å². The Hall–Kier alpha value is -3.18. The van der Waals surface area contributed by atoms with Gasteiger partial charge in [0.25, 0.3) is 5.91 Å². The monoisotopic (exact) mass is 455 g/mol. The van der Waals surface area contributed by atoms with Crippen LogP contribution >= 0.6 is 0 Å². The number of rotatable bonds is 4. The molecular formula is C29H33N3O2. The predicted molar refractivity (Wildman–Crippen MR) is 137 cm³/mol. The molecule has 2 amide bonds. The maximum Gasteiger partial charge on any atom is 0.254 e. The van der Waals surface area contributed by atoms with Crippen LogP contribution in [0.2, 0.25) is 0 Å². The normalized spacial score (nSPS) is 18.2. The van der Waals surface area contributed by atoms with Gasteiger partial charge in [-0.2, -0.15) is 0 Å². The van der Waals surface area contributed by atoms with Crippen molar-refractivity contribution in [1.29, 1.82) is 0 Å². The molecule has 0 aromatic heterocycles. The first-order chi connectivity index (χ1) is 16.6. The molecular weight excluding hydrogens is 422 g/mol. The SMILES string of the molecule is Cc1ccc(NC(=O)C2CCN(C3CCN(C(=O)c4cccc5ccccc45)CC3)CC2)cc1. The van der Waals surface area contributed by atoms with E-state index < -0.39 is 0 Å². The molecule has 0 radical (unpaired) electrons. The lowest BCUT2D eigenvalue weighted by atomic mass is 9.92. The number of fused-ring (bicyclic) bond motifs is 1. The standard InChI is InChI=1S/C29H33N3O2/c1-21-9-11-24(12-10-21)30-28(33)23-13-17-31(18-14-23)25-15-19-32(20-16-25)29(34)27-8-4-6-22-5-2-3-7-26(22)27/h2-12,23,25H,13-20H2,1H3,(H,30,33). The molecule has 3 aromatic carbocycles. The molecule has 34 heavy (non-hydrogen) atoms. The number of piperidine rings is 2. The van der Waals surface area contributed by atoms with Crippen molar-refractivity contribution in [3.8, 4) is 0 Å². The zero-order valence-corrected chi connectivity index (χ0v) is 19.9. The molecule has 0 saturated carbocycles. The van der Waals surface area contributed by atoms with Crippen molar-refractivity contribution in [3.05, 3.63) is 77.9 Å². The topological polar surface area (TPSA) is 52.7 Å². The molecule has 0 bridgehead atoms. The van der Waals surface area contributed by atoms with E-state index in [-0.39, 0.29) is 17.7 Å². The summed E-state index contributed by atoms with van der Waals surface area (Å²) in [5.41, 5.74) is 2.87. The maximum absolute atomic E-state index is 13.3. The molecule has 1 N–H and O–H groups in total. The van der Waals surface area contributed by atoms with Gasteiger partial charge in [-0.3, -0.25) is 9.59 Å². The van der Waals surface area contributed by atoms with Crippen molar-refractivity contribution < 1.29 is 9.59 Å². The summed E-state index contributed by atoms with van der Waals surface area (Å²) in [6, 6.07) is 22.6. The number of nitrogens with zero attached hydrogens (tertiary/aromatic N) is 2. The van der Waals surface area contributed by atoms with Gasteiger partial charge in [-0.05, 0) is 74.7 Å². The number of carbonyl (C=O) groups excluding carboxylic acids is 2. The fourth-order valence-corrected chi connectivity index (χ4v) is 5.42. The summed E-state index contributed by atoms with van der Waals surface area (Å²) in [6.45, 7) is 5.54. The lowest BCUT2D eigenvalue weighted by molar-refractivity contribution is -0.121. The van der Waals surface area contributed by atoms with Crippen LogP contribution in [0, 0.1) is 12.8 Å². The summed E-state index contributed by atoms with van der Waals surface area (Å²) >= 11 is 0. The molecule has 2 aliphatic heterocycles. The quantitative estimate of drug-likeness (QED) is 0.595. The molecule has 0 aliphatic carbocycles. The maximum atomic E-state index is 13.3. The molecule has 0 spiro atoms. The van der Waals surface area contributed by atoms with E-state index in [4.69, 9.17) is 0 Å². The van der Waals surface area contributed by atoms with Gasteiger partial charge in [0.15, 0.2) is 0 Å². The van der Waals surface area contributed by atoms with Gasteiger partial charge in [0.05, 0.1) is 0 Å². The highest BCUT2D eigenvalue weighted by Gasteiger charge is 2.32. The Morgan fingerprint density at radius 2 is 1.47 bits per heavy atom. The number of hydrogen-bond acceptors (Lipinski definition) is 3. The van der Waals surface area contributed by atoms with Crippen LogP contribution in [0.25, 0.3) is 10.8 Å².